The quantitative estimate of drug-likeness (QED) is 0.347. The summed E-state index contributed by atoms with van der Waals surface area (Å²) in [6.45, 7) is 13.1. The van der Waals surface area contributed by atoms with Gasteiger partial charge in [-0.15, -0.1) is 0 Å². The molecular formula is C8H15NO2. The summed E-state index contributed by atoms with van der Waals surface area (Å²) in [6, 6.07) is 0. The summed E-state index contributed by atoms with van der Waals surface area (Å²) in [6.07, 6.45) is 0. The fourth-order valence-electron chi connectivity index (χ4n) is 0.629. The summed E-state index contributed by atoms with van der Waals surface area (Å²) >= 11 is 0. The Bertz CT molecular complexity index is 152. The van der Waals surface area contributed by atoms with E-state index in [2.05, 4.69) is 18.5 Å². The molecule has 0 N–H and O–H groups in total. The molecule has 0 saturated heterocycles. The molecule has 0 bridgehead atoms. The molecule has 0 aliphatic carbocycles. The number of nitrogens with zero attached hydrogens (tertiary/aromatic N) is 1. The lowest BCUT2D eigenvalue weighted by Crippen LogP contribution is -2.27. The smallest absolute Gasteiger partial charge is 0.159 e. The lowest BCUT2D eigenvalue weighted by Gasteiger charge is -2.24. The van der Waals surface area contributed by atoms with Crippen LogP contribution in [0, 0.1) is 0 Å². The zero-order valence-corrected chi connectivity index (χ0v) is 7.39. The molecule has 0 amide bonds. The highest BCUT2D eigenvalue weighted by Crippen LogP contribution is 2.19. The Balaban J connectivity index is 4.04. The first-order chi connectivity index (χ1) is 5.04. The van der Waals surface area contributed by atoms with Crippen LogP contribution in [-0.2, 0) is 9.57 Å². The fourth-order valence-corrected chi connectivity index (χ4v) is 0.629. The summed E-state index contributed by atoms with van der Waals surface area (Å²) in [5.74, 6) is 0.467. The third kappa shape index (κ3) is 3.18. The average Bonchev–Trinajstić information content (AvgIpc) is 1.88. The van der Waals surface area contributed by atoms with E-state index in [-0.39, 0.29) is 0 Å². The third-order valence-corrected chi connectivity index (χ3v) is 1.35. The average molecular weight is 157 g/mol. The van der Waals surface area contributed by atoms with Gasteiger partial charge in [-0.25, -0.2) is 0 Å². The Kier molecular flexibility index (Phi) is 3.82. The first-order valence-corrected chi connectivity index (χ1v) is 3.51. The molecule has 3 heteroatoms. The van der Waals surface area contributed by atoms with Crippen molar-refractivity contribution >= 4 is 6.72 Å². The van der Waals surface area contributed by atoms with Gasteiger partial charge in [0.2, 0.25) is 0 Å². The molecule has 0 aromatic rings. The molecule has 0 aromatic carbocycles. The normalized spacial score (nSPS) is 10.8. The number of hydrogen-bond donors (Lipinski definition) is 0. The van der Waals surface area contributed by atoms with E-state index in [1.165, 1.54) is 0 Å². The number of oxime groups is 1. The predicted octanol–water partition coefficient (Wildman–Crippen LogP) is 1.95. The molecule has 0 heterocycles. The highest BCUT2D eigenvalue weighted by molar-refractivity contribution is 5.21. The number of rotatable bonds is 5. The SMILES string of the molecule is C=NOC(=C)C(C)(C)OCC. The van der Waals surface area contributed by atoms with Crippen LogP contribution in [0.15, 0.2) is 17.5 Å². The van der Waals surface area contributed by atoms with Gasteiger partial charge < -0.3 is 9.57 Å². The highest BCUT2D eigenvalue weighted by Gasteiger charge is 2.23. The molecule has 0 unspecified atom stereocenters. The summed E-state index contributed by atoms with van der Waals surface area (Å²) in [4.78, 5) is 4.75. The highest BCUT2D eigenvalue weighted by atomic mass is 16.6. The lowest BCUT2D eigenvalue weighted by atomic mass is 10.1. The first kappa shape index (κ1) is 10.2. The lowest BCUT2D eigenvalue weighted by molar-refractivity contribution is -0.0240. The number of hydrogen-bond acceptors (Lipinski definition) is 3. The minimum absolute atomic E-state index is 0.467. The minimum atomic E-state index is -0.490. The van der Waals surface area contributed by atoms with E-state index in [0.717, 1.165) is 0 Å². The van der Waals surface area contributed by atoms with Crippen LogP contribution in [0.4, 0.5) is 0 Å². The number of ether oxygens (including phenoxy) is 1. The van der Waals surface area contributed by atoms with E-state index in [0.29, 0.717) is 12.4 Å². The molecule has 11 heavy (non-hydrogen) atoms. The van der Waals surface area contributed by atoms with Gasteiger partial charge in [-0.3, -0.25) is 0 Å². The Labute approximate surface area is 67.7 Å². The molecule has 0 radical (unpaired) electrons. The first-order valence-electron chi connectivity index (χ1n) is 3.51. The van der Waals surface area contributed by atoms with Crippen LogP contribution in [-0.4, -0.2) is 18.9 Å². The van der Waals surface area contributed by atoms with Crippen molar-refractivity contribution in [2.24, 2.45) is 5.16 Å². The van der Waals surface area contributed by atoms with Gasteiger partial charge in [0.15, 0.2) is 5.76 Å². The van der Waals surface area contributed by atoms with Crippen molar-refractivity contribution in [3.8, 4) is 0 Å². The second-order valence-corrected chi connectivity index (χ2v) is 2.59. The third-order valence-electron chi connectivity index (χ3n) is 1.35. The van der Waals surface area contributed by atoms with Crippen LogP contribution < -0.4 is 0 Å². The largest absolute Gasteiger partial charge is 0.368 e. The summed E-state index contributed by atoms with van der Waals surface area (Å²) in [5, 5.41) is 3.25. The van der Waals surface area contributed by atoms with Crippen molar-refractivity contribution in [2.75, 3.05) is 6.61 Å². The Morgan fingerprint density at radius 1 is 1.55 bits per heavy atom. The molecule has 3 nitrogen and oxygen atoms in total. The topological polar surface area (TPSA) is 30.8 Å². The van der Waals surface area contributed by atoms with Gasteiger partial charge in [-0.2, -0.15) is 0 Å². The van der Waals surface area contributed by atoms with Gasteiger partial charge in [0.1, 0.15) is 5.60 Å². The maximum absolute atomic E-state index is 5.33. The molecular weight excluding hydrogens is 142 g/mol. The van der Waals surface area contributed by atoms with Gasteiger partial charge in [-0.05, 0) is 20.8 Å². The van der Waals surface area contributed by atoms with Crippen molar-refractivity contribution in [3.05, 3.63) is 12.3 Å². The van der Waals surface area contributed by atoms with Gasteiger partial charge in [0, 0.05) is 13.3 Å². The van der Waals surface area contributed by atoms with Gasteiger partial charge in [0.05, 0.1) is 0 Å². The Morgan fingerprint density at radius 2 is 2.09 bits per heavy atom. The Morgan fingerprint density at radius 3 is 2.45 bits per heavy atom. The standard InChI is InChI=1S/C8H15NO2/c1-6-10-8(3,4)7(2)11-9-5/h2,5-6H2,1,3-4H3. The van der Waals surface area contributed by atoms with Crippen LogP contribution in [0.3, 0.4) is 0 Å². The Hall–Kier alpha value is -0.830. The van der Waals surface area contributed by atoms with Crippen LogP contribution in [0.5, 0.6) is 0 Å². The van der Waals surface area contributed by atoms with Crippen LogP contribution in [0.2, 0.25) is 0 Å². The molecule has 0 rings (SSSR count). The van der Waals surface area contributed by atoms with Gasteiger partial charge in [-0.1, -0.05) is 11.7 Å². The molecule has 0 aromatic heterocycles. The van der Waals surface area contributed by atoms with Gasteiger partial charge >= 0.3 is 0 Å². The maximum Gasteiger partial charge on any atom is 0.159 e. The molecule has 0 saturated carbocycles. The minimum Gasteiger partial charge on any atom is -0.368 e. The predicted molar refractivity (Wildman–Crippen MR) is 45.5 cm³/mol. The molecule has 0 fully saturated rings. The maximum atomic E-state index is 5.33. The molecule has 0 atom stereocenters. The fraction of sp³-hybridized carbons (Fsp3) is 0.625. The van der Waals surface area contributed by atoms with Gasteiger partial charge in [0.25, 0.3) is 0 Å². The van der Waals surface area contributed by atoms with Crippen LogP contribution >= 0.6 is 0 Å². The van der Waals surface area contributed by atoms with Crippen molar-refractivity contribution in [3.63, 3.8) is 0 Å². The second-order valence-electron chi connectivity index (χ2n) is 2.59. The summed E-state index contributed by atoms with van der Waals surface area (Å²) < 4.78 is 5.33. The van der Waals surface area contributed by atoms with E-state index in [4.69, 9.17) is 9.57 Å². The molecule has 64 valence electrons. The van der Waals surface area contributed by atoms with Crippen molar-refractivity contribution in [1.82, 2.24) is 0 Å². The van der Waals surface area contributed by atoms with E-state index in [1.807, 2.05) is 20.8 Å². The molecule has 0 aliphatic heterocycles. The summed E-state index contributed by atoms with van der Waals surface area (Å²) in [5.41, 5.74) is -0.490. The second kappa shape index (κ2) is 4.13. The van der Waals surface area contributed by atoms with Crippen LogP contribution in [0.25, 0.3) is 0 Å². The van der Waals surface area contributed by atoms with E-state index >= 15 is 0 Å². The van der Waals surface area contributed by atoms with Crippen LogP contribution in [0.1, 0.15) is 20.8 Å². The monoisotopic (exact) mass is 157 g/mol. The zero-order valence-electron chi connectivity index (χ0n) is 7.39. The van der Waals surface area contributed by atoms with E-state index in [9.17, 15) is 0 Å². The molecule has 0 aliphatic rings. The summed E-state index contributed by atoms with van der Waals surface area (Å²) in [7, 11) is 0. The zero-order chi connectivity index (χ0) is 8.91. The van der Waals surface area contributed by atoms with Crippen molar-refractivity contribution in [2.45, 2.75) is 26.4 Å². The van der Waals surface area contributed by atoms with Crippen molar-refractivity contribution < 1.29 is 9.57 Å². The van der Waals surface area contributed by atoms with E-state index in [1.54, 1.807) is 0 Å². The van der Waals surface area contributed by atoms with E-state index < -0.39 is 5.60 Å². The van der Waals surface area contributed by atoms with Crippen molar-refractivity contribution in [1.29, 1.82) is 0 Å². The molecule has 0 spiro atoms.